The first-order valence-electron chi connectivity index (χ1n) is 6.05. The lowest BCUT2D eigenvalue weighted by molar-refractivity contribution is 0.473. The van der Waals surface area contributed by atoms with E-state index in [4.69, 9.17) is 10.2 Å². The molecule has 1 aromatic rings. The van der Waals surface area contributed by atoms with Crippen molar-refractivity contribution in [1.29, 1.82) is 0 Å². The second-order valence-electron chi connectivity index (χ2n) is 4.56. The van der Waals surface area contributed by atoms with Gasteiger partial charge >= 0.3 is 0 Å². The summed E-state index contributed by atoms with van der Waals surface area (Å²) in [6.07, 6.45) is 3.95. The molecule has 2 nitrogen and oxygen atoms in total. The normalized spacial score (nSPS) is 15.3. The monoisotopic (exact) mass is 241 g/mol. The fraction of sp³-hybridized carbons (Fsp3) is 0.692. The molecule has 92 valence electrons. The molecule has 0 aromatic carbocycles. The quantitative estimate of drug-likeness (QED) is 0.788. The Hall–Kier alpha value is -0.410. The molecule has 0 bridgehead atoms. The van der Waals surface area contributed by atoms with Crippen molar-refractivity contribution in [3.8, 4) is 0 Å². The first kappa shape index (κ1) is 13.7. The van der Waals surface area contributed by atoms with Gasteiger partial charge in [0.1, 0.15) is 5.76 Å². The first-order valence-corrected chi connectivity index (χ1v) is 7.10. The molecule has 16 heavy (non-hydrogen) atoms. The first-order chi connectivity index (χ1) is 7.65. The maximum atomic E-state index is 6.14. The highest BCUT2D eigenvalue weighted by atomic mass is 32.2. The minimum absolute atomic E-state index is 0.184. The second kappa shape index (κ2) is 7.02. The maximum Gasteiger partial charge on any atom is 0.118 e. The number of thioether (sulfide) groups is 1. The van der Waals surface area contributed by atoms with Crippen LogP contribution in [0.1, 0.15) is 44.6 Å². The molecule has 0 amide bonds. The summed E-state index contributed by atoms with van der Waals surface area (Å²) in [5.41, 5.74) is 6.14. The average Bonchev–Trinajstić information content (AvgIpc) is 2.76. The predicted molar refractivity (Wildman–Crippen MR) is 71.6 cm³/mol. The molecule has 3 heteroatoms. The minimum Gasteiger partial charge on any atom is -0.468 e. The topological polar surface area (TPSA) is 39.2 Å². The van der Waals surface area contributed by atoms with Crippen LogP contribution in [0.25, 0.3) is 0 Å². The van der Waals surface area contributed by atoms with Crippen LogP contribution in [-0.4, -0.2) is 11.8 Å². The van der Waals surface area contributed by atoms with E-state index in [0.29, 0.717) is 5.25 Å². The van der Waals surface area contributed by atoms with Crippen molar-refractivity contribution in [3.05, 3.63) is 24.2 Å². The van der Waals surface area contributed by atoms with Crippen LogP contribution in [0.5, 0.6) is 0 Å². The molecule has 0 spiro atoms. The van der Waals surface area contributed by atoms with Crippen molar-refractivity contribution in [1.82, 2.24) is 0 Å². The highest BCUT2D eigenvalue weighted by Gasteiger charge is 2.21. The minimum atomic E-state index is 0.184. The lowest BCUT2D eigenvalue weighted by atomic mass is 10.1. The van der Waals surface area contributed by atoms with Gasteiger partial charge in [0.2, 0.25) is 0 Å². The molecule has 2 N–H and O–H groups in total. The standard InChI is InChI=1S/C13H23NOS/c1-4-11(14)13(12-6-5-8-15-12)16-9-7-10(2)3/h5-6,8,10-11,13H,4,7,9,14H2,1-3H3. The summed E-state index contributed by atoms with van der Waals surface area (Å²) < 4.78 is 5.48. The summed E-state index contributed by atoms with van der Waals surface area (Å²) in [4.78, 5) is 0. The van der Waals surface area contributed by atoms with E-state index in [9.17, 15) is 0 Å². The zero-order valence-electron chi connectivity index (χ0n) is 10.5. The Kier molecular flexibility index (Phi) is 5.99. The number of furan rings is 1. The third-order valence-electron chi connectivity index (χ3n) is 2.68. The maximum absolute atomic E-state index is 6.14. The number of rotatable bonds is 7. The lowest BCUT2D eigenvalue weighted by Gasteiger charge is -2.20. The van der Waals surface area contributed by atoms with E-state index in [0.717, 1.165) is 23.9 Å². The summed E-state index contributed by atoms with van der Waals surface area (Å²) >= 11 is 1.92. The van der Waals surface area contributed by atoms with E-state index in [1.54, 1.807) is 6.26 Å². The Morgan fingerprint density at radius 1 is 1.44 bits per heavy atom. The van der Waals surface area contributed by atoms with Crippen molar-refractivity contribution in [2.45, 2.75) is 44.9 Å². The van der Waals surface area contributed by atoms with Crippen molar-refractivity contribution in [2.24, 2.45) is 11.7 Å². The van der Waals surface area contributed by atoms with Gasteiger partial charge in [0.15, 0.2) is 0 Å². The predicted octanol–water partition coefficient (Wildman–Crippen LogP) is 3.84. The van der Waals surface area contributed by atoms with Crippen LogP contribution in [-0.2, 0) is 0 Å². The molecular weight excluding hydrogens is 218 g/mol. The van der Waals surface area contributed by atoms with Crippen molar-refractivity contribution in [2.75, 3.05) is 5.75 Å². The van der Waals surface area contributed by atoms with Crippen LogP contribution < -0.4 is 5.73 Å². The Balaban J connectivity index is 2.52. The third kappa shape index (κ3) is 4.22. The molecule has 0 saturated heterocycles. The number of hydrogen-bond donors (Lipinski definition) is 1. The molecular formula is C13H23NOS. The number of hydrogen-bond acceptors (Lipinski definition) is 3. The lowest BCUT2D eigenvalue weighted by Crippen LogP contribution is -2.25. The van der Waals surface area contributed by atoms with Crippen LogP contribution in [0.4, 0.5) is 0 Å². The smallest absolute Gasteiger partial charge is 0.118 e. The average molecular weight is 241 g/mol. The van der Waals surface area contributed by atoms with Gasteiger partial charge in [0.25, 0.3) is 0 Å². The van der Waals surface area contributed by atoms with Gasteiger partial charge < -0.3 is 10.2 Å². The highest BCUT2D eigenvalue weighted by molar-refractivity contribution is 7.99. The van der Waals surface area contributed by atoms with Crippen molar-refractivity contribution < 1.29 is 4.42 Å². The van der Waals surface area contributed by atoms with Crippen LogP contribution in [0, 0.1) is 5.92 Å². The molecule has 0 fully saturated rings. The molecule has 0 aliphatic carbocycles. The fourth-order valence-electron chi connectivity index (χ4n) is 1.51. The van der Waals surface area contributed by atoms with E-state index in [1.165, 1.54) is 6.42 Å². The largest absolute Gasteiger partial charge is 0.468 e. The van der Waals surface area contributed by atoms with Gasteiger partial charge in [-0.15, -0.1) is 11.8 Å². The second-order valence-corrected chi connectivity index (χ2v) is 5.81. The summed E-state index contributed by atoms with van der Waals surface area (Å²) in [6, 6.07) is 4.15. The van der Waals surface area contributed by atoms with Crippen LogP contribution in [0.2, 0.25) is 0 Å². The Morgan fingerprint density at radius 3 is 2.69 bits per heavy atom. The van der Waals surface area contributed by atoms with Gasteiger partial charge in [0, 0.05) is 6.04 Å². The van der Waals surface area contributed by atoms with Crippen molar-refractivity contribution >= 4 is 11.8 Å². The van der Waals surface area contributed by atoms with Gasteiger partial charge in [0.05, 0.1) is 11.5 Å². The Morgan fingerprint density at radius 2 is 2.19 bits per heavy atom. The van der Waals surface area contributed by atoms with E-state index >= 15 is 0 Å². The molecule has 0 aliphatic heterocycles. The number of nitrogens with two attached hydrogens (primary N) is 1. The summed E-state index contributed by atoms with van der Waals surface area (Å²) in [5.74, 6) is 2.92. The van der Waals surface area contributed by atoms with Crippen LogP contribution in [0.3, 0.4) is 0 Å². The molecule has 0 aliphatic rings. The summed E-state index contributed by atoms with van der Waals surface area (Å²) in [6.45, 7) is 6.63. The highest BCUT2D eigenvalue weighted by Crippen LogP contribution is 2.33. The molecule has 2 unspecified atom stereocenters. The zero-order valence-corrected chi connectivity index (χ0v) is 11.3. The van der Waals surface area contributed by atoms with Crippen LogP contribution in [0.15, 0.2) is 22.8 Å². The van der Waals surface area contributed by atoms with Gasteiger partial charge in [-0.2, -0.15) is 0 Å². The Labute approximate surface area is 103 Å². The van der Waals surface area contributed by atoms with Gasteiger partial charge in [-0.1, -0.05) is 20.8 Å². The zero-order chi connectivity index (χ0) is 12.0. The summed E-state index contributed by atoms with van der Waals surface area (Å²) in [7, 11) is 0. The molecule has 1 aromatic heterocycles. The molecule has 2 atom stereocenters. The molecule has 0 saturated carbocycles. The molecule has 1 heterocycles. The van der Waals surface area contributed by atoms with Gasteiger partial charge in [-0.05, 0) is 36.6 Å². The van der Waals surface area contributed by atoms with Gasteiger partial charge in [-0.25, -0.2) is 0 Å². The molecule has 0 radical (unpaired) electrons. The third-order valence-corrected chi connectivity index (χ3v) is 4.09. The van der Waals surface area contributed by atoms with Gasteiger partial charge in [-0.3, -0.25) is 0 Å². The van der Waals surface area contributed by atoms with Crippen LogP contribution >= 0.6 is 11.8 Å². The Bertz CT molecular complexity index is 271. The van der Waals surface area contributed by atoms with E-state index in [-0.39, 0.29) is 6.04 Å². The SMILES string of the molecule is CCC(N)C(SCCC(C)C)c1ccco1. The van der Waals surface area contributed by atoms with E-state index < -0.39 is 0 Å². The fourth-order valence-corrected chi connectivity index (χ4v) is 3.11. The van der Waals surface area contributed by atoms with Crippen molar-refractivity contribution in [3.63, 3.8) is 0 Å². The molecule has 1 rings (SSSR count). The van der Waals surface area contributed by atoms with E-state index in [2.05, 4.69) is 20.8 Å². The summed E-state index contributed by atoms with van der Waals surface area (Å²) in [5, 5.41) is 0.304. The van der Waals surface area contributed by atoms with E-state index in [1.807, 2.05) is 23.9 Å².